The molecule has 0 heterocycles. The Morgan fingerprint density at radius 2 is 1.00 bits per heavy atom. The molecule has 0 aromatic rings. The molecule has 0 radical (unpaired) electrons. The molecule has 48 valence electrons. The van der Waals surface area contributed by atoms with Gasteiger partial charge in [-0.05, 0) is 13.1 Å². The number of carbonyl (C=O) groups is 2. The number of aliphatic carboxylic acids is 1. The van der Waals surface area contributed by atoms with E-state index < -0.39 is 12.1 Å². The van der Waals surface area contributed by atoms with Gasteiger partial charge < -0.3 is 24.9 Å². The molecule has 0 rings (SSSR count). The minimum absolute atomic E-state index is 0. The molecular weight excluding hydrogens is 247 g/mol. The number of carboxylic acids is 1. The van der Waals surface area contributed by atoms with Crippen LogP contribution in [0.25, 0.3) is 0 Å². The van der Waals surface area contributed by atoms with Gasteiger partial charge in [0, 0.05) is 5.97 Å². The molecule has 0 aliphatic rings. The van der Waals surface area contributed by atoms with Crippen molar-refractivity contribution in [3.63, 3.8) is 0 Å². The predicted molar refractivity (Wildman–Crippen MR) is 16.1 cm³/mol. The second kappa shape index (κ2) is 16.0. The quantitative estimate of drug-likeness (QED) is 0.411. The minimum atomic E-state index is -2.33. The summed E-state index contributed by atoms with van der Waals surface area (Å²) in [6.45, 7) is 0.972. The summed E-state index contributed by atoms with van der Waals surface area (Å²) in [4.78, 5) is 17.2. The first-order valence-corrected chi connectivity index (χ1v) is 1.52. The first kappa shape index (κ1) is 22.5. The minimum Gasteiger partial charge on any atom is -0.652 e. The van der Waals surface area contributed by atoms with Crippen molar-refractivity contribution in [3.8, 4) is 0 Å². The number of carboxylic acid groups (broad SMARTS) is 3. The topological polar surface area (TPSA) is 103 Å². The largest absolute Gasteiger partial charge is 2.00 e. The summed E-state index contributed by atoms with van der Waals surface area (Å²) in [5.41, 5.74) is 0. The summed E-state index contributed by atoms with van der Waals surface area (Å²) < 4.78 is 0. The Morgan fingerprint density at radius 1 is 1.00 bits per heavy atom. The third-order valence-corrected chi connectivity index (χ3v) is 0. The molecular formula is C3H3O5Zn2+. The number of rotatable bonds is 0. The predicted octanol–water partition coefficient (Wildman–Crippen LogP) is -3.70. The molecule has 0 atom stereocenters. The Morgan fingerprint density at radius 3 is 1.00 bits per heavy atom. The van der Waals surface area contributed by atoms with Crippen molar-refractivity contribution in [1.82, 2.24) is 0 Å². The van der Waals surface area contributed by atoms with Crippen molar-refractivity contribution < 1.29 is 63.9 Å². The molecule has 0 amide bonds. The van der Waals surface area contributed by atoms with Crippen LogP contribution in [0.3, 0.4) is 0 Å². The fraction of sp³-hybridized carbons (Fsp3) is 0.333. The number of carbonyl (C=O) groups excluding carboxylic acids is 2. The summed E-state index contributed by atoms with van der Waals surface area (Å²) in [5, 5.41) is 25.6. The fourth-order valence-electron chi connectivity index (χ4n) is 0. The van der Waals surface area contributed by atoms with Crippen LogP contribution in [0, 0.1) is 0 Å². The van der Waals surface area contributed by atoms with Crippen LogP contribution < -0.4 is 15.3 Å². The van der Waals surface area contributed by atoms with Gasteiger partial charge in [-0.2, -0.15) is 0 Å². The van der Waals surface area contributed by atoms with Crippen LogP contribution in [0.1, 0.15) is 6.92 Å². The van der Waals surface area contributed by atoms with E-state index in [0.717, 1.165) is 6.92 Å². The molecule has 0 aliphatic carbocycles. The van der Waals surface area contributed by atoms with Gasteiger partial charge in [0.25, 0.3) is 0 Å². The molecule has 0 unspecified atom stereocenters. The van der Waals surface area contributed by atoms with Gasteiger partial charge in [-0.25, -0.2) is 0 Å². The SMILES string of the molecule is CC(=O)[O-].O=C([O-])[O-].[Zn+2].[Zn+2]. The average molecular weight is 250 g/mol. The van der Waals surface area contributed by atoms with Crippen LogP contribution in [-0.2, 0) is 43.8 Å². The van der Waals surface area contributed by atoms with E-state index >= 15 is 0 Å². The van der Waals surface area contributed by atoms with Gasteiger partial charge in [0.2, 0.25) is 0 Å². The fourth-order valence-corrected chi connectivity index (χ4v) is 0. The van der Waals surface area contributed by atoms with Gasteiger partial charge >= 0.3 is 39.0 Å². The summed E-state index contributed by atoms with van der Waals surface area (Å²) in [6, 6.07) is 0. The standard InChI is InChI=1S/C2H4O2.CH2O3.2Zn/c1-2(3)4;2-1(3)4;;/h1H3,(H,3,4);(H2,2,3,4);;/q;;2*+2/p-3. The molecule has 0 bridgehead atoms. The van der Waals surface area contributed by atoms with E-state index in [9.17, 15) is 0 Å². The maximum absolute atomic E-state index is 8.89. The summed E-state index contributed by atoms with van der Waals surface area (Å²) in [7, 11) is 0. The van der Waals surface area contributed by atoms with Gasteiger partial charge in [-0.15, -0.1) is 0 Å². The number of hydrogen-bond donors (Lipinski definition) is 0. The second-order valence-electron chi connectivity index (χ2n) is 0.742. The van der Waals surface area contributed by atoms with Crippen molar-refractivity contribution >= 4 is 12.1 Å². The average Bonchev–Trinajstić information content (AvgIpc) is 1.25. The Labute approximate surface area is 82.9 Å². The Kier molecular flexibility index (Phi) is 36.0. The van der Waals surface area contributed by atoms with Crippen molar-refractivity contribution in [1.29, 1.82) is 0 Å². The summed E-state index contributed by atoms with van der Waals surface area (Å²) in [5.74, 6) is -1.08. The van der Waals surface area contributed by atoms with Crippen molar-refractivity contribution in [2.24, 2.45) is 0 Å². The first-order valence-electron chi connectivity index (χ1n) is 1.52. The molecule has 5 nitrogen and oxygen atoms in total. The van der Waals surface area contributed by atoms with Crippen LogP contribution in [0.2, 0.25) is 0 Å². The smallest absolute Gasteiger partial charge is 0.652 e. The maximum atomic E-state index is 8.89. The van der Waals surface area contributed by atoms with Gasteiger partial charge in [-0.1, -0.05) is 0 Å². The summed E-state index contributed by atoms with van der Waals surface area (Å²) >= 11 is 0. The molecule has 0 aliphatic heterocycles. The van der Waals surface area contributed by atoms with E-state index in [2.05, 4.69) is 0 Å². The van der Waals surface area contributed by atoms with E-state index in [0.29, 0.717) is 0 Å². The molecule has 0 saturated carbocycles. The Hall–Kier alpha value is -0.0132. The van der Waals surface area contributed by atoms with E-state index in [1.807, 2.05) is 0 Å². The van der Waals surface area contributed by atoms with Crippen molar-refractivity contribution in [2.75, 3.05) is 0 Å². The molecule has 0 fully saturated rings. The normalized spacial score (nSPS) is 4.90. The van der Waals surface area contributed by atoms with Crippen molar-refractivity contribution in [3.05, 3.63) is 0 Å². The monoisotopic (exact) mass is 247 g/mol. The zero-order valence-corrected chi connectivity index (χ0v) is 11.4. The third kappa shape index (κ3) is 2220000. The zero-order chi connectivity index (χ0) is 7.15. The first-order chi connectivity index (χ1) is 3.46. The number of hydrogen-bond acceptors (Lipinski definition) is 5. The van der Waals surface area contributed by atoms with Crippen molar-refractivity contribution in [2.45, 2.75) is 6.92 Å². The van der Waals surface area contributed by atoms with Crippen LogP contribution in [0.15, 0.2) is 0 Å². The summed E-state index contributed by atoms with van der Waals surface area (Å²) in [6.07, 6.45) is -2.33. The second-order valence-corrected chi connectivity index (χ2v) is 0.742. The van der Waals surface area contributed by atoms with Crippen LogP contribution in [0.5, 0.6) is 0 Å². The van der Waals surface area contributed by atoms with Crippen LogP contribution >= 0.6 is 0 Å². The van der Waals surface area contributed by atoms with Gasteiger partial charge in [0.15, 0.2) is 0 Å². The third-order valence-electron chi connectivity index (χ3n) is 0. The van der Waals surface area contributed by atoms with Crippen LogP contribution in [0.4, 0.5) is 4.79 Å². The molecule has 0 N–H and O–H groups in total. The van der Waals surface area contributed by atoms with Gasteiger partial charge in [0.1, 0.15) is 0 Å². The molecule has 0 spiro atoms. The maximum Gasteiger partial charge on any atom is 2.00 e. The van der Waals surface area contributed by atoms with Crippen LogP contribution in [-0.4, -0.2) is 12.1 Å². The molecule has 0 saturated heterocycles. The van der Waals surface area contributed by atoms with Gasteiger partial charge in [0.05, 0.1) is 0 Å². The molecule has 0 aromatic carbocycles. The molecule has 10 heavy (non-hydrogen) atoms. The Balaban J connectivity index is -0.0000000300. The van der Waals surface area contributed by atoms with E-state index in [-0.39, 0.29) is 39.0 Å². The molecule has 0 aromatic heterocycles. The van der Waals surface area contributed by atoms with E-state index in [1.54, 1.807) is 0 Å². The Bertz CT molecular complexity index is 72.9. The zero-order valence-electron chi connectivity index (χ0n) is 5.46. The van der Waals surface area contributed by atoms with E-state index in [4.69, 9.17) is 24.9 Å². The van der Waals surface area contributed by atoms with E-state index in [1.165, 1.54) is 0 Å². The van der Waals surface area contributed by atoms with Gasteiger partial charge in [-0.3, -0.25) is 0 Å². The molecule has 7 heteroatoms.